The van der Waals surface area contributed by atoms with E-state index in [9.17, 15) is 5.11 Å². The van der Waals surface area contributed by atoms with Crippen molar-refractivity contribution in [1.82, 2.24) is 24.9 Å². The van der Waals surface area contributed by atoms with Gasteiger partial charge in [0.05, 0.1) is 25.5 Å². The van der Waals surface area contributed by atoms with Crippen molar-refractivity contribution in [2.45, 2.75) is 25.6 Å². The number of hydrogen-bond acceptors (Lipinski definition) is 6. The van der Waals surface area contributed by atoms with Gasteiger partial charge in [0.15, 0.2) is 0 Å². The van der Waals surface area contributed by atoms with E-state index in [4.69, 9.17) is 4.74 Å². The van der Waals surface area contributed by atoms with Crippen LogP contribution in [0.15, 0.2) is 24.5 Å². The Hall–Kier alpha value is -1.99. The molecule has 0 unspecified atom stereocenters. The highest BCUT2D eigenvalue weighted by Gasteiger charge is 2.21. The molecule has 1 aliphatic rings. The van der Waals surface area contributed by atoms with Crippen molar-refractivity contribution in [2.24, 2.45) is 0 Å². The second kappa shape index (κ2) is 6.19. The summed E-state index contributed by atoms with van der Waals surface area (Å²) < 4.78 is 6.86. The van der Waals surface area contributed by atoms with Crippen LogP contribution in [0.2, 0.25) is 0 Å². The van der Waals surface area contributed by atoms with Gasteiger partial charge in [-0.25, -0.2) is 0 Å². The van der Waals surface area contributed by atoms with E-state index in [1.807, 2.05) is 18.3 Å². The molecule has 2 aromatic rings. The predicted octanol–water partition coefficient (Wildman–Crippen LogP) is 0.101. The van der Waals surface area contributed by atoms with Gasteiger partial charge in [0.1, 0.15) is 0 Å². The number of nitrogens with zero attached hydrogens (tertiary/aromatic N) is 5. The molecule has 0 amide bonds. The van der Waals surface area contributed by atoms with Crippen LogP contribution in [0.1, 0.15) is 11.3 Å². The first-order chi connectivity index (χ1) is 10.2. The summed E-state index contributed by atoms with van der Waals surface area (Å²) in [6.45, 7) is 2.76. The van der Waals surface area contributed by atoms with Crippen molar-refractivity contribution < 1.29 is 9.84 Å². The van der Waals surface area contributed by atoms with Crippen LogP contribution in [0.5, 0.6) is 5.88 Å². The standard InChI is InChI=1S/C14H19N5O2/c1-21-14-7-11-8-18(6-3-13(11)16-17-14)9-12(20)10-19-5-2-4-15-19/h2,4-5,7,12,20H,3,6,8-10H2,1H3/t12-/m1/s1. The summed E-state index contributed by atoms with van der Waals surface area (Å²) in [5.41, 5.74) is 2.15. The van der Waals surface area contributed by atoms with Crippen LogP contribution < -0.4 is 4.74 Å². The zero-order chi connectivity index (χ0) is 14.7. The summed E-state index contributed by atoms with van der Waals surface area (Å²) in [6, 6.07) is 3.78. The number of β-amino-alcohol motifs (C(OH)–C–C–N with tert-alkyl or cyclic N) is 1. The van der Waals surface area contributed by atoms with Gasteiger partial charge in [0, 0.05) is 44.5 Å². The molecule has 0 spiro atoms. The Labute approximate surface area is 123 Å². The zero-order valence-electron chi connectivity index (χ0n) is 12.0. The van der Waals surface area contributed by atoms with Crippen LogP contribution in [0.25, 0.3) is 0 Å². The minimum Gasteiger partial charge on any atom is -0.480 e. The summed E-state index contributed by atoms with van der Waals surface area (Å²) >= 11 is 0. The Balaban J connectivity index is 1.60. The first-order valence-corrected chi connectivity index (χ1v) is 7.02. The average molecular weight is 289 g/mol. The number of aliphatic hydroxyl groups is 1. The van der Waals surface area contributed by atoms with E-state index in [1.165, 1.54) is 0 Å². The lowest BCUT2D eigenvalue weighted by Crippen LogP contribution is -2.38. The molecule has 0 fully saturated rings. The fourth-order valence-corrected chi connectivity index (χ4v) is 2.60. The highest BCUT2D eigenvalue weighted by atomic mass is 16.5. The Morgan fingerprint density at radius 3 is 3.05 bits per heavy atom. The third kappa shape index (κ3) is 3.37. The number of hydrogen-bond donors (Lipinski definition) is 1. The van der Waals surface area contributed by atoms with E-state index in [1.54, 1.807) is 18.0 Å². The topological polar surface area (TPSA) is 76.3 Å². The largest absolute Gasteiger partial charge is 0.480 e. The lowest BCUT2D eigenvalue weighted by atomic mass is 10.1. The molecule has 0 radical (unpaired) electrons. The van der Waals surface area contributed by atoms with E-state index in [0.717, 1.165) is 30.8 Å². The highest BCUT2D eigenvalue weighted by molar-refractivity contribution is 5.26. The number of aliphatic hydroxyl groups excluding tert-OH is 1. The van der Waals surface area contributed by atoms with E-state index >= 15 is 0 Å². The molecule has 0 aliphatic carbocycles. The normalized spacial score (nSPS) is 16.5. The average Bonchev–Trinajstić information content (AvgIpc) is 2.99. The van der Waals surface area contributed by atoms with E-state index in [-0.39, 0.29) is 0 Å². The molecule has 7 nitrogen and oxygen atoms in total. The molecule has 1 aliphatic heterocycles. The van der Waals surface area contributed by atoms with Crippen LogP contribution in [-0.2, 0) is 19.5 Å². The monoisotopic (exact) mass is 289 g/mol. The van der Waals surface area contributed by atoms with Crippen LogP contribution in [0.4, 0.5) is 0 Å². The van der Waals surface area contributed by atoms with E-state index < -0.39 is 6.10 Å². The highest BCUT2D eigenvalue weighted by Crippen LogP contribution is 2.19. The number of aromatic nitrogens is 4. The molecule has 3 heterocycles. The molecule has 3 rings (SSSR count). The van der Waals surface area contributed by atoms with Crippen LogP contribution in [0.3, 0.4) is 0 Å². The molecule has 1 N–H and O–H groups in total. The van der Waals surface area contributed by atoms with Crippen LogP contribution in [0, 0.1) is 0 Å². The molecule has 112 valence electrons. The van der Waals surface area contributed by atoms with Gasteiger partial charge in [-0.1, -0.05) is 0 Å². The van der Waals surface area contributed by atoms with Crippen molar-refractivity contribution in [1.29, 1.82) is 0 Å². The Morgan fingerprint density at radius 1 is 1.38 bits per heavy atom. The lowest BCUT2D eigenvalue weighted by molar-refractivity contribution is 0.0883. The van der Waals surface area contributed by atoms with Crippen molar-refractivity contribution in [3.05, 3.63) is 35.8 Å². The molecular formula is C14H19N5O2. The maximum Gasteiger partial charge on any atom is 0.233 e. The lowest BCUT2D eigenvalue weighted by Gasteiger charge is -2.29. The number of fused-ring (bicyclic) bond motifs is 1. The minimum absolute atomic E-state index is 0.442. The number of ether oxygens (including phenoxy) is 1. The summed E-state index contributed by atoms with van der Waals surface area (Å²) in [5, 5.41) is 22.5. The smallest absolute Gasteiger partial charge is 0.233 e. The maximum absolute atomic E-state index is 10.2. The second-order valence-corrected chi connectivity index (χ2v) is 5.23. The molecule has 0 bridgehead atoms. The van der Waals surface area contributed by atoms with Crippen molar-refractivity contribution in [3.8, 4) is 5.88 Å². The third-order valence-electron chi connectivity index (χ3n) is 3.63. The molecule has 2 aromatic heterocycles. The van der Waals surface area contributed by atoms with Crippen LogP contribution >= 0.6 is 0 Å². The Bertz CT molecular complexity index is 587. The fraction of sp³-hybridized carbons (Fsp3) is 0.500. The molecule has 7 heteroatoms. The summed E-state index contributed by atoms with van der Waals surface area (Å²) in [4.78, 5) is 2.22. The summed E-state index contributed by atoms with van der Waals surface area (Å²) in [6.07, 6.45) is 3.98. The van der Waals surface area contributed by atoms with Gasteiger partial charge in [-0.15, -0.1) is 5.10 Å². The third-order valence-corrected chi connectivity index (χ3v) is 3.63. The molecule has 0 aromatic carbocycles. The summed E-state index contributed by atoms with van der Waals surface area (Å²) in [7, 11) is 1.59. The zero-order valence-corrected chi connectivity index (χ0v) is 12.0. The Morgan fingerprint density at radius 2 is 2.29 bits per heavy atom. The van der Waals surface area contributed by atoms with Gasteiger partial charge in [-0.05, 0) is 11.6 Å². The molecule has 0 saturated carbocycles. The first kappa shape index (κ1) is 14.0. The molecule has 1 atom stereocenters. The molecular weight excluding hydrogens is 270 g/mol. The fourth-order valence-electron chi connectivity index (χ4n) is 2.60. The van der Waals surface area contributed by atoms with Gasteiger partial charge in [-0.3, -0.25) is 9.58 Å². The van der Waals surface area contributed by atoms with Crippen molar-refractivity contribution in [3.63, 3.8) is 0 Å². The van der Waals surface area contributed by atoms with E-state index in [0.29, 0.717) is 19.0 Å². The van der Waals surface area contributed by atoms with Crippen molar-refractivity contribution in [2.75, 3.05) is 20.2 Å². The van der Waals surface area contributed by atoms with Gasteiger partial charge in [0.25, 0.3) is 0 Å². The molecule has 21 heavy (non-hydrogen) atoms. The number of methoxy groups -OCH3 is 1. The first-order valence-electron chi connectivity index (χ1n) is 7.02. The molecule has 0 saturated heterocycles. The quantitative estimate of drug-likeness (QED) is 0.841. The van der Waals surface area contributed by atoms with E-state index in [2.05, 4.69) is 20.2 Å². The predicted molar refractivity (Wildman–Crippen MR) is 75.8 cm³/mol. The maximum atomic E-state index is 10.2. The minimum atomic E-state index is -0.442. The SMILES string of the molecule is COc1cc2c(nn1)CCN(C[C@@H](O)Cn1cccn1)C2. The van der Waals surface area contributed by atoms with Crippen LogP contribution in [-0.4, -0.2) is 56.3 Å². The second-order valence-electron chi connectivity index (χ2n) is 5.23. The Kier molecular flexibility index (Phi) is 4.12. The summed E-state index contributed by atoms with van der Waals surface area (Å²) in [5.74, 6) is 0.535. The van der Waals surface area contributed by atoms with Gasteiger partial charge in [-0.2, -0.15) is 10.2 Å². The van der Waals surface area contributed by atoms with Crippen molar-refractivity contribution >= 4 is 0 Å². The van der Waals surface area contributed by atoms with Gasteiger partial charge < -0.3 is 9.84 Å². The van der Waals surface area contributed by atoms with Gasteiger partial charge in [0.2, 0.25) is 5.88 Å². The van der Waals surface area contributed by atoms with Gasteiger partial charge >= 0.3 is 0 Å². The number of rotatable bonds is 5.